The van der Waals surface area contributed by atoms with Gasteiger partial charge in [-0.15, -0.1) is 0 Å². The summed E-state index contributed by atoms with van der Waals surface area (Å²) in [5.74, 6) is 0.310. The van der Waals surface area contributed by atoms with Gasteiger partial charge >= 0.3 is 0 Å². The number of ether oxygens (including phenoxy) is 1. The Kier molecular flexibility index (Phi) is 3.16. The standard InChI is InChI=1S/C13H12FN5O/c1-2-15-13-17-11-8(7-16-19-11)12(18-13)20-10-6-4-3-5-9(10)14/h3-7H,2H2,1H3,(H2,15,16,17,18,19). The molecule has 7 heteroatoms. The van der Waals surface area contributed by atoms with Crippen LogP contribution in [0.15, 0.2) is 30.5 Å². The quantitative estimate of drug-likeness (QED) is 0.764. The van der Waals surface area contributed by atoms with Gasteiger partial charge in [0.25, 0.3) is 0 Å². The number of hydrogen-bond acceptors (Lipinski definition) is 5. The van der Waals surface area contributed by atoms with Crippen molar-refractivity contribution in [1.82, 2.24) is 20.2 Å². The lowest BCUT2D eigenvalue weighted by Gasteiger charge is -2.08. The normalized spacial score (nSPS) is 10.7. The predicted octanol–water partition coefficient (Wildman–Crippen LogP) is 2.72. The smallest absolute Gasteiger partial charge is 0.235 e. The second kappa shape index (κ2) is 5.12. The molecule has 0 saturated carbocycles. The number of benzene rings is 1. The second-order valence-corrected chi connectivity index (χ2v) is 4.05. The van der Waals surface area contributed by atoms with Gasteiger partial charge in [0.15, 0.2) is 17.2 Å². The highest BCUT2D eigenvalue weighted by molar-refractivity contribution is 5.80. The lowest BCUT2D eigenvalue weighted by Crippen LogP contribution is -2.03. The van der Waals surface area contributed by atoms with Gasteiger partial charge in [0.05, 0.1) is 6.20 Å². The van der Waals surface area contributed by atoms with Crippen molar-refractivity contribution in [3.63, 3.8) is 0 Å². The topological polar surface area (TPSA) is 75.7 Å². The Morgan fingerprint density at radius 3 is 2.95 bits per heavy atom. The van der Waals surface area contributed by atoms with Gasteiger partial charge < -0.3 is 10.1 Å². The largest absolute Gasteiger partial charge is 0.435 e. The molecule has 0 spiro atoms. The van der Waals surface area contributed by atoms with Crippen molar-refractivity contribution >= 4 is 17.0 Å². The van der Waals surface area contributed by atoms with Crippen LogP contribution in [0.25, 0.3) is 11.0 Å². The molecular formula is C13H12FN5O. The van der Waals surface area contributed by atoms with Crippen molar-refractivity contribution in [3.8, 4) is 11.6 Å². The van der Waals surface area contributed by atoms with E-state index in [0.29, 0.717) is 23.5 Å². The maximum Gasteiger partial charge on any atom is 0.235 e. The van der Waals surface area contributed by atoms with Crippen LogP contribution in [0.4, 0.5) is 10.3 Å². The molecule has 1 aromatic carbocycles. The number of halogens is 1. The third-order valence-electron chi connectivity index (χ3n) is 2.65. The van der Waals surface area contributed by atoms with Crippen LogP contribution in [-0.4, -0.2) is 26.7 Å². The van der Waals surface area contributed by atoms with Crippen molar-refractivity contribution in [2.24, 2.45) is 0 Å². The summed E-state index contributed by atoms with van der Waals surface area (Å²) >= 11 is 0. The van der Waals surface area contributed by atoms with Crippen LogP contribution in [0.3, 0.4) is 0 Å². The molecular weight excluding hydrogens is 261 g/mol. The molecule has 0 atom stereocenters. The molecule has 20 heavy (non-hydrogen) atoms. The van der Waals surface area contributed by atoms with E-state index in [4.69, 9.17) is 4.74 Å². The van der Waals surface area contributed by atoms with Gasteiger partial charge in [-0.3, -0.25) is 5.10 Å². The van der Waals surface area contributed by atoms with Crippen LogP contribution >= 0.6 is 0 Å². The van der Waals surface area contributed by atoms with Gasteiger partial charge in [-0.2, -0.15) is 15.1 Å². The zero-order valence-electron chi connectivity index (χ0n) is 10.7. The van der Waals surface area contributed by atoms with E-state index in [1.54, 1.807) is 18.3 Å². The first kappa shape index (κ1) is 12.3. The van der Waals surface area contributed by atoms with Crippen molar-refractivity contribution in [3.05, 3.63) is 36.3 Å². The first-order chi connectivity index (χ1) is 9.78. The van der Waals surface area contributed by atoms with E-state index in [2.05, 4.69) is 25.5 Å². The monoisotopic (exact) mass is 273 g/mol. The van der Waals surface area contributed by atoms with E-state index < -0.39 is 5.82 Å². The van der Waals surface area contributed by atoms with Crippen LogP contribution < -0.4 is 10.1 Å². The summed E-state index contributed by atoms with van der Waals surface area (Å²) in [5.41, 5.74) is 0.530. The first-order valence-electron chi connectivity index (χ1n) is 6.15. The maximum atomic E-state index is 13.6. The highest BCUT2D eigenvalue weighted by Crippen LogP contribution is 2.28. The number of anilines is 1. The number of nitrogens with zero attached hydrogens (tertiary/aromatic N) is 3. The number of nitrogens with one attached hydrogen (secondary N) is 2. The Morgan fingerprint density at radius 2 is 2.15 bits per heavy atom. The summed E-state index contributed by atoms with van der Waals surface area (Å²) in [6.07, 6.45) is 1.54. The molecule has 2 N–H and O–H groups in total. The third-order valence-corrected chi connectivity index (χ3v) is 2.65. The Hall–Kier alpha value is -2.70. The van der Waals surface area contributed by atoms with E-state index in [9.17, 15) is 4.39 Å². The van der Waals surface area contributed by atoms with Gasteiger partial charge in [0.2, 0.25) is 11.8 Å². The summed E-state index contributed by atoms with van der Waals surface area (Å²) in [6, 6.07) is 6.15. The number of fused-ring (bicyclic) bond motifs is 1. The average Bonchev–Trinajstić information content (AvgIpc) is 2.90. The highest BCUT2D eigenvalue weighted by Gasteiger charge is 2.13. The number of H-pyrrole nitrogens is 1. The maximum absolute atomic E-state index is 13.6. The van der Waals surface area contributed by atoms with Gasteiger partial charge in [0.1, 0.15) is 5.39 Å². The molecule has 0 aliphatic heterocycles. The third kappa shape index (κ3) is 2.25. The van der Waals surface area contributed by atoms with E-state index in [0.717, 1.165) is 0 Å². The molecule has 102 valence electrons. The van der Waals surface area contributed by atoms with Crippen LogP contribution in [0.5, 0.6) is 11.6 Å². The summed E-state index contributed by atoms with van der Waals surface area (Å²) < 4.78 is 19.2. The summed E-state index contributed by atoms with van der Waals surface area (Å²) in [7, 11) is 0. The molecule has 0 bridgehead atoms. The second-order valence-electron chi connectivity index (χ2n) is 4.05. The number of hydrogen-bond donors (Lipinski definition) is 2. The summed E-state index contributed by atoms with van der Waals surface area (Å²) in [4.78, 5) is 8.46. The highest BCUT2D eigenvalue weighted by atomic mass is 19.1. The van der Waals surface area contributed by atoms with Crippen LogP contribution in [-0.2, 0) is 0 Å². The van der Waals surface area contributed by atoms with E-state index >= 15 is 0 Å². The fourth-order valence-corrected chi connectivity index (χ4v) is 1.76. The average molecular weight is 273 g/mol. The van der Waals surface area contributed by atoms with E-state index in [1.165, 1.54) is 12.1 Å². The van der Waals surface area contributed by atoms with Crippen LogP contribution in [0.2, 0.25) is 0 Å². The molecule has 3 aromatic rings. The molecule has 3 rings (SSSR count). The molecule has 2 aromatic heterocycles. The minimum atomic E-state index is -0.451. The Labute approximate surface area is 114 Å². The molecule has 2 heterocycles. The summed E-state index contributed by atoms with van der Waals surface area (Å²) in [6.45, 7) is 2.59. The molecule has 0 radical (unpaired) electrons. The molecule has 6 nitrogen and oxygen atoms in total. The molecule has 0 unspecified atom stereocenters. The van der Waals surface area contributed by atoms with Crippen molar-refractivity contribution < 1.29 is 9.13 Å². The number of aromatic nitrogens is 4. The van der Waals surface area contributed by atoms with Crippen LogP contribution in [0, 0.1) is 5.82 Å². The molecule has 0 fully saturated rings. The zero-order valence-corrected chi connectivity index (χ0v) is 10.7. The SMILES string of the molecule is CCNc1nc(Oc2ccccc2F)c2cn[nH]c2n1. The minimum Gasteiger partial charge on any atom is -0.435 e. The Morgan fingerprint density at radius 1 is 1.30 bits per heavy atom. The lowest BCUT2D eigenvalue weighted by molar-refractivity contribution is 0.432. The lowest BCUT2D eigenvalue weighted by atomic mass is 10.3. The zero-order chi connectivity index (χ0) is 13.9. The van der Waals surface area contributed by atoms with Crippen molar-refractivity contribution in [2.45, 2.75) is 6.92 Å². The van der Waals surface area contributed by atoms with E-state index in [1.807, 2.05) is 6.92 Å². The molecule has 0 saturated heterocycles. The van der Waals surface area contributed by atoms with E-state index in [-0.39, 0.29) is 11.6 Å². The number of rotatable bonds is 4. The first-order valence-corrected chi connectivity index (χ1v) is 6.15. The molecule has 0 aliphatic rings. The van der Waals surface area contributed by atoms with Gasteiger partial charge in [0, 0.05) is 6.54 Å². The fourth-order valence-electron chi connectivity index (χ4n) is 1.76. The van der Waals surface area contributed by atoms with Gasteiger partial charge in [-0.05, 0) is 19.1 Å². The molecule has 0 amide bonds. The van der Waals surface area contributed by atoms with Crippen LogP contribution in [0.1, 0.15) is 6.92 Å². The Bertz CT molecular complexity index is 742. The number of para-hydroxylation sites is 1. The predicted molar refractivity (Wildman–Crippen MR) is 72.3 cm³/mol. The van der Waals surface area contributed by atoms with Gasteiger partial charge in [-0.25, -0.2) is 4.39 Å². The Balaban J connectivity index is 2.05. The van der Waals surface area contributed by atoms with Crippen molar-refractivity contribution in [1.29, 1.82) is 0 Å². The fraction of sp³-hybridized carbons (Fsp3) is 0.154. The van der Waals surface area contributed by atoms with Gasteiger partial charge in [-0.1, -0.05) is 12.1 Å². The molecule has 0 aliphatic carbocycles. The number of aromatic amines is 1. The minimum absolute atomic E-state index is 0.108. The summed E-state index contributed by atoms with van der Waals surface area (Å²) in [5, 5.41) is 10.2. The van der Waals surface area contributed by atoms with Crippen molar-refractivity contribution in [2.75, 3.05) is 11.9 Å².